The maximum Gasteiger partial charge on any atom is 0.394 e. The lowest BCUT2D eigenvalue weighted by Crippen LogP contribution is -2.24. The first-order chi connectivity index (χ1) is 8.29. The number of nitrogens with zero attached hydrogens (tertiary/aromatic N) is 1. The Hall–Kier alpha value is -1.20. The second-order valence-electron chi connectivity index (χ2n) is 3.78. The Labute approximate surface area is 93.8 Å². The Balaban J connectivity index is 1.92. The third-order valence-corrected chi connectivity index (χ3v) is 2.59. The van der Waals surface area contributed by atoms with Gasteiger partial charge in [0.15, 0.2) is 0 Å². The Bertz CT molecular complexity index is 402. The SMILES string of the molecule is [2H]C([2H])(CCOc1ccn[nH]1)C1(C(F)(F)F)CC1. The molecule has 2 rings (SSSR count). The minimum Gasteiger partial charge on any atom is -0.478 e. The van der Waals surface area contributed by atoms with E-state index in [-0.39, 0.29) is 25.9 Å². The van der Waals surface area contributed by atoms with Crippen LogP contribution in [-0.2, 0) is 0 Å². The maximum atomic E-state index is 12.8. The van der Waals surface area contributed by atoms with Gasteiger partial charge in [0.05, 0.1) is 18.2 Å². The summed E-state index contributed by atoms with van der Waals surface area (Å²) >= 11 is 0. The number of ether oxygens (including phenoxy) is 1. The van der Waals surface area contributed by atoms with E-state index in [4.69, 9.17) is 7.48 Å². The van der Waals surface area contributed by atoms with E-state index in [0.29, 0.717) is 5.88 Å². The maximum absolute atomic E-state index is 12.8. The standard InChI is InChI=1S/C10H13F3N2O/c11-10(12,13)9(4-5-9)3-1-7-16-8-2-6-14-15-8/h2,6H,1,3-5,7H2,(H,14,15)/i3D2. The van der Waals surface area contributed by atoms with Gasteiger partial charge in [-0.05, 0) is 25.6 Å². The van der Waals surface area contributed by atoms with Crippen LogP contribution in [0.4, 0.5) is 13.2 Å². The molecule has 0 unspecified atom stereocenters. The van der Waals surface area contributed by atoms with Crippen LogP contribution in [0.2, 0.25) is 0 Å². The third-order valence-electron chi connectivity index (χ3n) is 2.59. The van der Waals surface area contributed by atoms with Gasteiger partial charge in [0.25, 0.3) is 0 Å². The predicted octanol–water partition coefficient (Wildman–Crippen LogP) is 2.91. The Morgan fingerprint density at radius 2 is 2.31 bits per heavy atom. The summed E-state index contributed by atoms with van der Waals surface area (Å²) in [6, 6.07) is 1.52. The van der Waals surface area contributed by atoms with Crippen molar-refractivity contribution in [1.82, 2.24) is 10.2 Å². The Morgan fingerprint density at radius 3 is 2.81 bits per heavy atom. The minimum absolute atomic E-state index is 0.118. The first-order valence-electron chi connectivity index (χ1n) is 5.97. The molecule has 1 aliphatic rings. The van der Waals surface area contributed by atoms with E-state index in [9.17, 15) is 13.2 Å². The summed E-state index contributed by atoms with van der Waals surface area (Å²) in [6.45, 7) is -0.118. The van der Waals surface area contributed by atoms with Gasteiger partial charge in [-0.2, -0.15) is 18.3 Å². The molecule has 1 aromatic heterocycles. The van der Waals surface area contributed by atoms with Crippen LogP contribution >= 0.6 is 0 Å². The number of H-pyrrole nitrogens is 1. The smallest absolute Gasteiger partial charge is 0.394 e. The van der Waals surface area contributed by atoms with E-state index < -0.39 is 18.0 Å². The third kappa shape index (κ3) is 2.31. The molecule has 3 nitrogen and oxygen atoms in total. The second-order valence-corrected chi connectivity index (χ2v) is 3.78. The van der Waals surface area contributed by atoms with Gasteiger partial charge >= 0.3 is 6.18 Å². The van der Waals surface area contributed by atoms with Crippen molar-refractivity contribution < 1.29 is 20.6 Å². The minimum atomic E-state index is -4.50. The zero-order chi connectivity index (χ0) is 13.4. The van der Waals surface area contributed by atoms with Crippen molar-refractivity contribution in [2.75, 3.05) is 6.61 Å². The molecule has 0 bridgehead atoms. The van der Waals surface area contributed by atoms with Gasteiger partial charge in [-0.1, -0.05) is 0 Å². The summed E-state index contributed by atoms with van der Waals surface area (Å²) in [5, 5.41) is 6.10. The fourth-order valence-corrected chi connectivity index (χ4v) is 1.46. The molecule has 6 heteroatoms. The van der Waals surface area contributed by atoms with Crippen molar-refractivity contribution in [2.45, 2.75) is 31.8 Å². The first kappa shape index (κ1) is 8.90. The molecule has 0 saturated heterocycles. The molecule has 0 aromatic carbocycles. The number of aromatic nitrogens is 2. The highest BCUT2D eigenvalue weighted by atomic mass is 19.4. The number of rotatable bonds is 5. The summed E-state index contributed by atoms with van der Waals surface area (Å²) in [7, 11) is 0. The van der Waals surface area contributed by atoms with E-state index in [1.165, 1.54) is 12.3 Å². The molecule has 1 fully saturated rings. The molecule has 1 heterocycles. The molecular formula is C10H13F3N2O. The van der Waals surface area contributed by atoms with Gasteiger partial charge in [0, 0.05) is 8.81 Å². The number of hydrogen-bond donors (Lipinski definition) is 1. The van der Waals surface area contributed by atoms with Gasteiger partial charge in [-0.3, -0.25) is 0 Å². The summed E-state index contributed by atoms with van der Waals surface area (Å²) in [4.78, 5) is 0. The van der Waals surface area contributed by atoms with Gasteiger partial charge in [0.1, 0.15) is 0 Å². The summed E-state index contributed by atoms with van der Waals surface area (Å²) < 4.78 is 58.7. The van der Waals surface area contributed by atoms with E-state index in [1.807, 2.05) is 0 Å². The summed E-state index contributed by atoms with van der Waals surface area (Å²) in [6.07, 6.45) is -5.94. The molecule has 1 saturated carbocycles. The van der Waals surface area contributed by atoms with Gasteiger partial charge in [-0.15, -0.1) is 0 Å². The lowest BCUT2D eigenvalue weighted by Gasteiger charge is -2.18. The molecule has 0 amide bonds. The fraction of sp³-hybridized carbons (Fsp3) is 0.700. The van der Waals surface area contributed by atoms with Crippen LogP contribution < -0.4 is 4.74 Å². The highest BCUT2D eigenvalue weighted by molar-refractivity contribution is 5.04. The van der Waals surface area contributed by atoms with Crippen LogP contribution in [0.1, 0.15) is 28.4 Å². The molecule has 0 spiro atoms. The number of hydrogen-bond acceptors (Lipinski definition) is 2. The molecule has 1 aromatic rings. The lowest BCUT2D eigenvalue weighted by molar-refractivity contribution is -0.189. The molecule has 0 atom stereocenters. The first-order valence-corrected chi connectivity index (χ1v) is 4.97. The molecule has 1 aliphatic carbocycles. The zero-order valence-electron chi connectivity index (χ0n) is 10.5. The number of halogens is 3. The quantitative estimate of drug-likeness (QED) is 0.853. The Morgan fingerprint density at radius 1 is 1.56 bits per heavy atom. The molecule has 1 N–H and O–H groups in total. The van der Waals surface area contributed by atoms with Crippen LogP contribution in [0.5, 0.6) is 5.88 Å². The van der Waals surface area contributed by atoms with Crippen molar-refractivity contribution in [1.29, 1.82) is 0 Å². The molecule has 16 heavy (non-hydrogen) atoms. The average Bonchev–Trinajstić information content (AvgIpc) is 2.93. The van der Waals surface area contributed by atoms with Crippen LogP contribution in [-0.4, -0.2) is 23.0 Å². The molecule has 0 aliphatic heterocycles. The van der Waals surface area contributed by atoms with Crippen molar-refractivity contribution in [3.05, 3.63) is 12.3 Å². The van der Waals surface area contributed by atoms with Crippen LogP contribution in [0, 0.1) is 5.41 Å². The zero-order valence-corrected chi connectivity index (χ0v) is 8.47. The lowest BCUT2D eigenvalue weighted by atomic mass is 10.0. The average molecular weight is 236 g/mol. The van der Waals surface area contributed by atoms with Crippen molar-refractivity contribution in [3.63, 3.8) is 0 Å². The summed E-state index contributed by atoms with van der Waals surface area (Å²) in [5.74, 6) is 0.322. The molecule has 90 valence electrons. The van der Waals surface area contributed by atoms with Crippen molar-refractivity contribution in [3.8, 4) is 5.88 Å². The topological polar surface area (TPSA) is 37.9 Å². The van der Waals surface area contributed by atoms with Crippen molar-refractivity contribution in [2.24, 2.45) is 5.41 Å². The highest BCUT2D eigenvalue weighted by Gasteiger charge is 2.62. The van der Waals surface area contributed by atoms with E-state index in [0.717, 1.165) is 0 Å². The van der Waals surface area contributed by atoms with Gasteiger partial charge < -0.3 is 4.74 Å². The molecule has 0 radical (unpaired) electrons. The van der Waals surface area contributed by atoms with Crippen LogP contribution in [0.15, 0.2) is 12.3 Å². The number of nitrogens with one attached hydrogen (secondary N) is 1. The fourth-order valence-electron chi connectivity index (χ4n) is 1.46. The second kappa shape index (κ2) is 3.99. The molecular weight excluding hydrogens is 221 g/mol. The normalized spacial score (nSPS) is 21.2. The van der Waals surface area contributed by atoms with Gasteiger partial charge in [-0.25, -0.2) is 5.10 Å². The predicted molar refractivity (Wildman–Crippen MR) is 51.0 cm³/mol. The van der Waals surface area contributed by atoms with Gasteiger partial charge in [0.2, 0.25) is 5.88 Å². The number of aromatic amines is 1. The van der Waals surface area contributed by atoms with Crippen LogP contribution in [0.25, 0.3) is 0 Å². The highest BCUT2D eigenvalue weighted by Crippen LogP contribution is 2.60. The summed E-state index contributed by atoms with van der Waals surface area (Å²) in [5.41, 5.74) is -2.18. The largest absolute Gasteiger partial charge is 0.478 e. The van der Waals surface area contributed by atoms with E-state index >= 15 is 0 Å². The Kier molecular flexibility index (Phi) is 2.22. The number of alkyl halides is 3. The van der Waals surface area contributed by atoms with E-state index in [2.05, 4.69) is 10.2 Å². The van der Waals surface area contributed by atoms with Crippen molar-refractivity contribution >= 4 is 0 Å². The van der Waals surface area contributed by atoms with E-state index in [1.54, 1.807) is 0 Å². The monoisotopic (exact) mass is 236 g/mol. The van der Waals surface area contributed by atoms with Crippen LogP contribution in [0.3, 0.4) is 0 Å².